The molecule has 0 atom stereocenters. The van der Waals surface area contributed by atoms with E-state index >= 15 is 0 Å². The predicted octanol–water partition coefficient (Wildman–Crippen LogP) is 2.36. The molecule has 0 aliphatic heterocycles. The zero-order valence-corrected chi connectivity index (χ0v) is 14.0. The Labute approximate surface area is 128 Å². The molecule has 0 aromatic heterocycles. The highest BCUT2D eigenvalue weighted by molar-refractivity contribution is 7.88. The van der Waals surface area contributed by atoms with Gasteiger partial charge in [0.25, 0.3) is 0 Å². The van der Waals surface area contributed by atoms with Gasteiger partial charge in [0.2, 0.25) is 10.0 Å². The number of hydrogen-bond acceptors (Lipinski definition) is 3. The molecule has 21 heavy (non-hydrogen) atoms. The first-order chi connectivity index (χ1) is 9.92. The van der Waals surface area contributed by atoms with Gasteiger partial charge in [-0.2, -0.15) is 4.31 Å². The van der Waals surface area contributed by atoms with Crippen molar-refractivity contribution in [3.8, 4) is 0 Å². The molecule has 1 fully saturated rings. The molecule has 1 aromatic rings. The molecule has 1 aliphatic carbocycles. The second-order valence-electron chi connectivity index (χ2n) is 6.30. The second kappa shape index (κ2) is 6.90. The van der Waals surface area contributed by atoms with Crippen molar-refractivity contribution in [3.63, 3.8) is 0 Å². The third-order valence-corrected chi connectivity index (χ3v) is 5.44. The molecule has 4 nitrogen and oxygen atoms in total. The summed E-state index contributed by atoms with van der Waals surface area (Å²) in [5.41, 5.74) is 1.99. The van der Waals surface area contributed by atoms with E-state index in [0.717, 1.165) is 30.5 Å². The lowest BCUT2D eigenvalue weighted by Gasteiger charge is -2.23. The van der Waals surface area contributed by atoms with Crippen LogP contribution in [0.5, 0.6) is 0 Å². The average Bonchev–Trinajstić information content (AvgIpc) is 3.20. The molecular formula is C16H26N2O2S. The molecule has 5 heteroatoms. The van der Waals surface area contributed by atoms with E-state index in [1.807, 2.05) is 31.3 Å². The minimum atomic E-state index is -3.23. The van der Waals surface area contributed by atoms with Crippen molar-refractivity contribution in [1.29, 1.82) is 0 Å². The van der Waals surface area contributed by atoms with Gasteiger partial charge in [-0.05, 0) is 36.9 Å². The molecule has 118 valence electrons. The van der Waals surface area contributed by atoms with Crippen LogP contribution >= 0.6 is 0 Å². The van der Waals surface area contributed by atoms with Crippen molar-refractivity contribution in [2.24, 2.45) is 5.92 Å². The highest BCUT2D eigenvalue weighted by Crippen LogP contribution is 2.31. The number of nitrogens with one attached hydrogen (secondary N) is 1. The Bertz CT molecular complexity index is 565. The van der Waals surface area contributed by atoms with Crippen LogP contribution < -0.4 is 5.32 Å². The maximum Gasteiger partial charge on any atom is 0.218 e. The lowest BCUT2D eigenvalue weighted by molar-refractivity contribution is 0.359. The van der Waals surface area contributed by atoms with Crippen LogP contribution in [0.15, 0.2) is 24.3 Å². The van der Waals surface area contributed by atoms with E-state index in [0.29, 0.717) is 12.5 Å². The first kappa shape index (κ1) is 16.5. The summed E-state index contributed by atoms with van der Waals surface area (Å²) >= 11 is 0. The van der Waals surface area contributed by atoms with Crippen LogP contribution in [-0.4, -0.2) is 32.4 Å². The van der Waals surface area contributed by atoms with Crippen molar-refractivity contribution >= 4 is 10.0 Å². The third kappa shape index (κ3) is 4.80. The molecule has 0 saturated heterocycles. The largest absolute Gasteiger partial charge is 0.316 e. The Balaban J connectivity index is 2.13. The summed E-state index contributed by atoms with van der Waals surface area (Å²) in [5.74, 6) is 0.462. The molecule has 0 spiro atoms. The Hall–Kier alpha value is -0.910. The van der Waals surface area contributed by atoms with Crippen LogP contribution in [0.1, 0.15) is 37.8 Å². The monoisotopic (exact) mass is 310 g/mol. The van der Waals surface area contributed by atoms with Crippen molar-refractivity contribution < 1.29 is 8.42 Å². The van der Waals surface area contributed by atoms with Crippen molar-refractivity contribution in [3.05, 3.63) is 35.4 Å². The van der Waals surface area contributed by atoms with Gasteiger partial charge in [0.05, 0.1) is 5.75 Å². The normalized spacial score (nSPS) is 15.9. The molecule has 1 saturated carbocycles. The Morgan fingerprint density at radius 3 is 2.52 bits per heavy atom. The van der Waals surface area contributed by atoms with Gasteiger partial charge in [0, 0.05) is 19.1 Å². The number of hydrogen-bond donors (Lipinski definition) is 1. The fourth-order valence-electron chi connectivity index (χ4n) is 2.54. The van der Waals surface area contributed by atoms with E-state index < -0.39 is 10.0 Å². The summed E-state index contributed by atoms with van der Waals surface area (Å²) in [7, 11) is -1.34. The SMILES string of the molecule is CNCc1cccc(CS(=O)(=O)N(CC(C)C)C2CC2)c1. The number of sulfonamides is 1. The Morgan fingerprint density at radius 2 is 1.95 bits per heavy atom. The molecule has 0 bridgehead atoms. The molecule has 0 unspecified atom stereocenters. The first-order valence-corrected chi connectivity index (χ1v) is 9.25. The maximum atomic E-state index is 12.7. The summed E-state index contributed by atoms with van der Waals surface area (Å²) < 4.78 is 27.1. The third-order valence-electron chi connectivity index (χ3n) is 3.58. The van der Waals surface area contributed by atoms with Gasteiger partial charge in [0.15, 0.2) is 0 Å². The highest BCUT2D eigenvalue weighted by Gasteiger charge is 2.37. The van der Waals surface area contributed by atoms with Crippen molar-refractivity contribution in [2.75, 3.05) is 13.6 Å². The van der Waals surface area contributed by atoms with Crippen LogP contribution in [0.3, 0.4) is 0 Å². The van der Waals surface area contributed by atoms with Crippen LogP contribution in [0, 0.1) is 5.92 Å². The fraction of sp³-hybridized carbons (Fsp3) is 0.625. The fourth-order valence-corrected chi connectivity index (χ4v) is 4.50. The smallest absolute Gasteiger partial charge is 0.218 e. The lowest BCUT2D eigenvalue weighted by atomic mass is 10.1. The van der Waals surface area contributed by atoms with E-state index in [-0.39, 0.29) is 11.8 Å². The van der Waals surface area contributed by atoms with Crippen molar-refractivity contribution in [2.45, 2.75) is 45.0 Å². The van der Waals surface area contributed by atoms with Crippen molar-refractivity contribution in [1.82, 2.24) is 9.62 Å². The summed E-state index contributed by atoms with van der Waals surface area (Å²) in [6.07, 6.45) is 2.01. The van der Waals surface area contributed by atoms with E-state index in [1.54, 1.807) is 4.31 Å². The minimum Gasteiger partial charge on any atom is -0.316 e. The predicted molar refractivity (Wildman–Crippen MR) is 86.4 cm³/mol. The van der Waals surface area contributed by atoms with Gasteiger partial charge < -0.3 is 5.32 Å². The number of benzene rings is 1. The molecule has 0 radical (unpaired) electrons. The Morgan fingerprint density at radius 1 is 1.29 bits per heavy atom. The van der Waals surface area contributed by atoms with Crippen LogP contribution in [0.25, 0.3) is 0 Å². The number of nitrogens with zero attached hydrogens (tertiary/aromatic N) is 1. The van der Waals surface area contributed by atoms with Gasteiger partial charge in [-0.15, -0.1) is 0 Å². The average molecular weight is 310 g/mol. The molecular weight excluding hydrogens is 284 g/mol. The zero-order chi connectivity index (χ0) is 15.5. The number of rotatable bonds is 8. The zero-order valence-electron chi connectivity index (χ0n) is 13.2. The van der Waals surface area contributed by atoms with Gasteiger partial charge >= 0.3 is 0 Å². The maximum absolute atomic E-state index is 12.7. The van der Waals surface area contributed by atoms with Gasteiger partial charge in [-0.25, -0.2) is 8.42 Å². The van der Waals surface area contributed by atoms with Gasteiger partial charge in [-0.3, -0.25) is 0 Å². The molecule has 1 aliphatic rings. The van der Waals surface area contributed by atoms with Crippen LogP contribution in [0.2, 0.25) is 0 Å². The Kier molecular flexibility index (Phi) is 5.41. The molecule has 1 N–H and O–H groups in total. The minimum absolute atomic E-state index is 0.105. The molecule has 0 amide bonds. The van der Waals surface area contributed by atoms with Crippen LogP contribution in [-0.2, 0) is 22.3 Å². The molecule has 2 rings (SSSR count). The topological polar surface area (TPSA) is 49.4 Å². The highest BCUT2D eigenvalue weighted by atomic mass is 32.2. The first-order valence-electron chi connectivity index (χ1n) is 7.64. The summed E-state index contributed by atoms with van der Waals surface area (Å²) in [4.78, 5) is 0. The quantitative estimate of drug-likeness (QED) is 0.802. The molecule has 1 aromatic carbocycles. The molecule has 0 heterocycles. The van der Waals surface area contributed by atoms with E-state index in [9.17, 15) is 8.42 Å². The lowest BCUT2D eigenvalue weighted by Crippen LogP contribution is -2.36. The summed E-state index contributed by atoms with van der Waals surface area (Å²) in [6, 6.07) is 8.06. The van der Waals surface area contributed by atoms with Crippen LogP contribution in [0.4, 0.5) is 0 Å². The van der Waals surface area contributed by atoms with E-state index in [2.05, 4.69) is 19.2 Å². The van der Waals surface area contributed by atoms with Gasteiger partial charge in [0.1, 0.15) is 0 Å². The van der Waals surface area contributed by atoms with E-state index in [4.69, 9.17) is 0 Å². The summed E-state index contributed by atoms with van der Waals surface area (Å²) in [5, 5.41) is 3.09. The van der Waals surface area contributed by atoms with Gasteiger partial charge in [-0.1, -0.05) is 38.1 Å². The second-order valence-corrected chi connectivity index (χ2v) is 8.22. The summed E-state index contributed by atoms with van der Waals surface area (Å²) in [6.45, 7) is 5.52. The van der Waals surface area contributed by atoms with E-state index in [1.165, 1.54) is 0 Å². The standard InChI is InChI=1S/C16H26N2O2S/c1-13(2)11-18(16-7-8-16)21(19,20)12-15-6-4-5-14(9-15)10-17-3/h4-6,9,13,16-17H,7-8,10-12H2,1-3H3.